The van der Waals surface area contributed by atoms with Crippen LogP contribution in [0.1, 0.15) is 19.8 Å². The van der Waals surface area contributed by atoms with Crippen LogP contribution < -0.4 is 0 Å². The number of nitrogens with zero attached hydrogens (tertiary/aromatic N) is 2. The van der Waals surface area contributed by atoms with Crippen LogP contribution in [-0.4, -0.2) is 42.5 Å². The van der Waals surface area contributed by atoms with Gasteiger partial charge in [0.05, 0.1) is 0 Å². The highest BCUT2D eigenvalue weighted by Gasteiger charge is 2.22. The zero-order chi connectivity index (χ0) is 10.6. The number of rotatable bonds is 2. The Bertz CT molecular complexity index is 215. The molecule has 1 fully saturated rings. The Morgan fingerprint density at radius 3 is 3.00 bits per heavy atom. The van der Waals surface area contributed by atoms with Gasteiger partial charge in [0, 0.05) is 26.7 Å². The van der Waals surface area contributed by atoms with E-state index in [2.05, 4.69) is 13.5 Å². The molecule has 0 aromatic rings. The van der Waals surface area contributed by atoms with Crippen molar-refractivity contribution in [3.8, 4) is 0 Å². The van der Waals surface area contributed by atoms with E-state index in [1.165, 1.54) is 6.42 Å². The molecular formula is C11H20N2O. The first-order valence-corrected chi connectivity index (χ1v) is 5.26. The smallest absolute Gasteiger partial charge is 0.320 e. The summed E-state index contributed by atoms with van der Waals surface area (Å²) in [6, 6.07) is 0.136. The summed E-state index contributed by atoms with van der Waals surface area (Å²) in [4.78, 5) is 15.5. The maximum absolute atomic E-state index is 11.8. The van der Waals surface area contributed by atoms with Crippen molar-refractivity contribution in [2.75, 3.05) is 26.7 Å². The van der Waals surface area contributed by atoms with Gasteiger partial charge < -0.3 is 9.80 Å². The Balaban J connectivity index is 2.46. The molecule has 0 N–H and O–H groups in total. The van der Waals surface area contributed by atoms with Crippen molar-refractivity contribution in [3.05, 3.63) is 12.7 Å². The van der Waals surface area contributed by atoms with E-state index in [4.69, 9.17) is 0 Å². The summed E-state index contributed by atoms with van der Waals surface area (Å²) in [6.45, 7) is 8.27. The third kappa shape index (κ3) is 2.76. The molecule has 0 spiro atoms. The largest absolute Gasteiger partial charge is 0.324 e. The lowest BCUT2D eigenvalue weighted by Gasteiger charge is -2.33. The zero-order valence-electron chi connectivity index (χ0n) is 9.20. The van der Waals surface area contributed by atoms with E-state index in [9.17, 15) is 4.79 Å². The summed E-state index contributed by atoms with van der Waals surface area (Å²) in [5.41, 5.74) is 0. The van der Waals surface area contributed by atoms with E-state index in [1.807, 2.05) is 11.9 Å². The minimum atomic E-state index is 0.136. The summed E-state index contributed by atoms with van der Waals surface area (Å²) in [5, 5.41) is 0. The van der Waals surface area contributed by atoms with E-state index < -0.39 is 0 Å². The van der Waals surface area contributed by atoms with Gasteiger partial charge in [0.1, 0.15) is 0 Å². The number of hydrogen-bond donors (Lipinski definition) is 0. The van der Waals surface area contributed by atoms with Crippen LogP contribution in [0.3, 0.4) is 0 Å². The highest BCUT2D eigenvalue weighted by Crippen LogP contribution is 2.16. The predicted octanol–water partition coefficient (Wildman–Crippen LogP) is 1.96. The topological polar surface area (TPSA) is 23.6 Å². The van der Waals surface area contributed by atoms with Gasteiger partial charge >= 0.3 is 6.03 Å². The molecule has 80 valence electrons. The third-order valence-corrected chi connectivity index (χ3v) is 2.66. The lowest BCUT2D eigenvalue weighted by molar-refractivity contribution is 0.143. The minimum absolute atomic E-state index is 0.136. The maximum atomic E-state index is 11.8. The molecule has 0 aliphatic carbocycles. The highest BCUT2D eigenvalue weighted by atomic mass is 16.2. The number of likely N-dealkylation sites (tertiary alicyclic amines) is 1. The van der Waals surface area contributed by atoms with Crippen molar-refractivity contribution in [3.63, 3.8) is 0 Å². The quantitative estimate of drug-likeness (QED) is 0.619. The van der Waals surface area contributed by atoms with Gasteiger partial charge in [0.15, 0.2) is 0 Å². The monoisotopic (exact) mass is 196 g/mol. The Kier molecular flexibility index (Phi) is 3.98. The van der Waals surface area contributed by atoms with Crippen molar-refractivity contribution in [1.82, 2.24) is 9.80 Å². The van der Waals surface area contributed by atoms with Gasteiger partial charge in [-0.2, -0.15) is 0 Å². The van der Waals surface area contributed by atoms with E-state index in [-0.39, 0.29) is 6.03 Å². The Morgan fingerprint density at radius 2 is 2.43 bits per heavy atom. The van der Waals surface area contributed by atoms with Crippen LogP contribution in [0.25, 0.3) is 0 Å². The standard InChI is InChI=1S/C11H20N2O/c1-4-7-12(3)11(14)13-8-5-6-10(2)9-13/h4,10H,1,5-9H2,2-3H3. The van der Waals surface area contributed by atoms with Crippen molar-refractivity contribution in [2.24, 2.45) is 5.92 Å². The number of carbonyl (C=O) groups excluding carboxylic acids is 1. The molecule has 1 aliphatic rings. The van der Waals surface area contributed by atoms with Crippen molar-refractivity contribution >= 4 is 6.03 Å². The van der Waals surface area contributed by atoms with Gasteiger partial charge in [0.25, 0.3) is 0 Å². The van der Waals surface area contributed by atoms with E-state index in [0.717, 1.165) is 19.5 Å². The number of hydrogen-bond acceptors (Lipinski definition) is 1. The average molecular weight is 196 g/mol. The van der Waals surface area contributed by atoms with Gasteiger partial charge in [-0.3, -0.25) is 0 Å². The van der Waals surface area contributed by atoms with Crippen LogP contribution in [0.15, 0.2) is 12.7 Å². The van der Waals surface area contributed by atoms with Crippen LogP contribution in [0.5, 0.6) is 0 Å². The van der Waals surface area contributed by atoms with E-state index >= 15 is 0 Å². The molecular weight excluding hydrogens is 176 g/mol. The van der Waals surface area contributed by atoms with Gasteiger partial charge in [-0.1, -0.05) is 13.0 Å². The fourth-order valence-electron chi connectivity index (χ4n) is 1.88. The first-order valence-electron chi connectivity index (χ1n) is 5.26. The molecule has 0 bridgehead atoms. The van der Waals surface area contributed by atoms with E-state index in [1.54, 1.807) is 11.0 Å². The predicted molar refractivity (Wildman–Crippen MR) is 58.2 cm³/mol. The molecule has 1 heterocycles. The fraction of sp³-hybridized carbons (Fsp3) is 0.727. The zero-order valence-corrected chi connectivity index (χ0v) is 9.20. The first kappa shape index (κ1) is 11.1. The van der Waals surface area contributed by atoms with Gasteiger partial charge in [-0.15, -0.1) is 6.58 Å². The second-order valence-electron chi connectivity index (χ2n) is 4.15. The minimum Gasteiger partial charge on any atom is -0.324 e. The Labute approximate surface area is 86.4 Å². The molecule has 0 saturated carbocycles. The molecule has 0 aromatic heterocycles. The molecule has 2 amide bonds. The summed E-state index contributed by atoms with van der Waals surface area (Å²) in [5.74, 6) is 0.643. The number of amides is 2. The molecule has 1 saturated heterocycles. The van der Waals surface area contributed by atoms with Gasteiger partial charge in [-0.05, 0) is 18.8 Å². The molecule has 1 atom stereocenters. The molecule has 0 aromatic carbocycles. The van der Waals surface area contributed by atoms with E-state index in [0.29, 0.717) is 12.5 Å². The number of carbonyl (C=O) groups is 1. The summed E-state index contributed by atoms with van der Waals surface area (Å²) in [7, 11) is 1.82. The second kappa shape index (κ2) is 5.03. The maximum Gasteiger partial charge on any atom is 0.320 e. The SMILES string of the molecule is C=CCN(C)C(=O)N1CCCC(C)C1. The molecule has 0 radical (unpaired) electrons. The van der Waals surface area contributed by atoms with Crippen LogP contribution in [0.4, 0.5) is 4.79 Å². The number of urea groups is 1. The number of piperidine rings is 1. The highest BCUT2D eigenvalue weighted by molar-refractivity contribution is 5.74. The van der Waals surface area contributed by atoms with Gasteiger partial charge in [-0.25, -0.2) is 4.79 Å². The lowest BCUT2D eigenvalue weighted by Crippen LogP contribution is -2.45. The van der Waals surface area contributed by atoms with Crippen LogP contribution >= 0.6 is 0 Å². The van der Waals surface area contributed by atoms with Crippen molar-refractivity contribution < 1.29 is 4.79 Å². The summed E-state index contributed by atoms with van der Waals surface area (Å²) < 4.78 is 0. The second-order valence-corrected chi connectivity index (χ2v) is 4.15. The lowest BCUT2D eigenvalue weighted by atomic mass is 10.0. The van der Waals surface area contributed by atoms with Crippen LogP contribution in [0.2, 0.25) is 0 Å². The van der Waals surface area contributed by atoms with Crippen LogP contribution in [0, 0.1) is 5.92 Å². The van der Waals surface area contributed by atoms with Crippen molar-refractivity contribution in [1.29, 1.82) is 0 Å². The third-order valence-electron chi connectivity index (χ3n) is 2.66. The Morgan fingerprint density at radius 1 is 1.71 bits per heavy atom. The normalized spacial score (nSPS) is 21.9. The summed E-state index contributed by atoms with van der Waals surface area (Å²) >= 11 is 0. The molecule has 3 nitrogen and oxygen atoms in total. The Hall–Kier alpha value is -0.990. The van der Waals surface area contributed by atoms with Crippen molar-refractivity contribution in [2.45, 2.75) is 19.8 Å². The number of likely N-dealkylation sites (N-methyl/N-ethyl adjacent to an activating group) is 1. The molecule has 14 heavy (non-hydrogen) atoms. The molecule has 3 heteroatoms. The average Bonchev–Trinajstić information content (AvgIpc) is 2.17. The van der Waals surface area contributed by atoms with Crippen LogP contribution in [-0.2, 0) is 0 Å². The fourth-order valence-corrected chi connectivity index (χ4v) is 1.88. The van der Waals surface area contributed by atoms with Gasteiger partial charge in [0.2, 0.25) is 0 Å². The molecule has 1 aliphatic heterocycles. The first-order chi connectivity index (χ1) is 6.65. The summed E-state index contributed by atoms with van der Waals surface area (Å²) in [6.07, 6.45) is 4.13. The molecule has 1 unspecified atom stereocenters. The molecule has 1 rings (SSSR count).